The Kier molecular flexibility index (Phi) is 7.92. The van der Waals surface area contributed by atoms with E-state index in [9.17, 15) is 14.7 Å². The Labute approximate surface area is 195 Å². The van der Waals surface area contributed by atoms with E-state index in [1.165, 1.54) is 4.90 Å². The molecule has 0 aliphatic carbocycles. The van der Waals surface area contributed by atoms with E-state index in [-0.39, 0.29) is 24.0 Å². The molecule has 1 fully saturated rings. The molecule has 0 saturated carbocycles. The fourth-order valence-corrected chi connectivity index (χ4v) is 3.85. The molecule has 33 heavy (non-hydrogen) atoms. The van der Waals surface area contributed by atoms with Gasteiger partial charge in [-0.2, -0.15) is 0 Å². The van der Waals surface area contributed by atoms with Crippen LogP contribution in [0.4, 0.5) is 0 Å². The first-order chi connectivity index (χ1) is 15.7. The van der Waals surface area contributed by atoms with Crippen LogP contribution in [-0.4, -0.2) is 47.6 Å². The molecule has 2 aromatic carbocycles. The van der Waals surface area contributed by atoms with Crippen molar-refractivity contribution < 1.29 is 24.2 Å². The van der Waals surface area contributed by atoms with Gasteiger partial charge in [0.2, 0.25) is 0 Å². The van der Waals surface area contributed by atoms with Crippen LogP contribution in [0, 0.1) is 12.8 Å². The molecule has 176 valence electrons. The minimum atomic E-state index is -0.691. The van der Waals surface area contributed by atoms with Crippen LogP contribution in [0.25, 0.3) is 5.76 Å². The lowest BCUT2D eigenvalue weighted by Gasteiger charge is -2.25. The third kappa shape index (κ3) is 5.63. The van der Waals surface area contributed by atoms with Gasteiger partial charge in [0.15, 0.2) is 0 Å². The number of amides is 1. The first-order valence-electron chi connectivity index (χ1n) is 11.4. The first kappa shape index (κ1) is 24.5. The van der Waals surface area contributed by atoms with Gasteiger partial charge in [-0.05, 0) is 56.0 Å². The highest BCUT2D eigenvalue weighted by molar-refractivity contribution is 6.46. The lowest BCUT2D eigenvalue weighted by atomic mass is 9.95. The molecule has 1 aliphatic heterocycles. The zero-order valence-electron chi connectivity index (χ0n) is 20.0. The molecule has 0 aromatic heterocycles. The van der Waals surface area contributed by atoms with E-state index in [1.54, 1.807) is 18.2 Å². The first-order valence-corrected chi connectivity index (χ1v) is 11.4. The van der Waals surface area contributed by atoms with Crippen LogP contribution in [0.1, 0.15) is 50.4 Å². The molecule has 0 spiro atoms. The number of likely N-dealkylation sites (tertiary alicyclic amines) is 1. The number of ether oxygens (including phenoxy) is 2. The molecule has 1 heterocycles. The van der Waals surface area contributed by atoms with Gasteiger partial charge >= 0.3 is 0 Å². The number of aliphatic hydroxyl groups is 1. The second kappa shape index (κ2) is 10.7. The minimum Gasteiger partial charge on any atom is -0.507 e. The second-order valence-electron chi connectivity index (χ2n) is 9.01. The highest BCUT2D eigenvalue weighted by atomic mass is 16.5. The van der Waals surface area contributed by atoms with Crippen molar-refractivity contribution in [3.63, 3.8) is 0 Å². The lowest BCUT2D eigenvalue weighted by molar-refractivity contribution is -0.140. The van der Waals surface area contributed by atoms with Gasteiger partial charge < -0.3 is 19.5 Å². The molecule has 1 amide bonds. The van der Waals surface area contributed by atoms with Crippen molar-refractivity contribution in [3.8, 4) is 5.75 Å². The Balaban J connectivity index is 2.01. The summed E-state index contributed by atoms with van der Waals surface area (Å²) in [6.07, 6.45) is 0.0106. The Morgan fingerprint density at radius 2 is 1.76 bits per heavy atom. The monoisotopic (exact) mass is 451 g/mol. The molecule has 1 saturated heterocycles. The second-order valence-corrected chi connectivity index (χ2v) is 9.01. The molecule has 1 atom stereocenters. The summed E-state index contributed by atoms with van der Waals surface area (Å²) in [4.78, 5) is 27.5. The molecule has 3 rings (SSSR count). The van der Waals surface area contributed by atoms with Gasteiger partial charge in [0, 0.05) is 12.1 Å². The molecule has 6 nitrogen and oxygen atoms in total. The van der Waals surface area contributed by atoms with Crippen molar-refractivity contribution in [2.45, 2.75) is 46.8 Å². The van der Waals surface area contributed by atoms with Gasteiger partial charge in [-0.3, -0.25) is 9.59 Å². The maximum atomic E-state index is 13.1. The van der Waals surface area contributed by atoms with Crippen LogP contribution in [-0.2, 0) is 14.3 Å². The fourth-order valence-electron chi connectivity index (χ4n) is 3.85. The Morgan fingerprint density at radius 3 is 2.36 bits per heavy atom. The third-order valence-electron chi connectivity index (χ3n) is 5.46. The van der Waals surface area contributed by atoms with Crippen molar-refractivity contribution >= 4 is 17.4 Å². The zero-order chi connectivity index (χ0) is 24.1. The quantitative estimate of drug-likeness (QED) is 0.334. The van der Waals surface area contributed by atoms with Crippen molar-refractivity contribution in [3.05, 3.63) is 70.8 Å². The number of hydrogen-bond acceptors (Lipinski definition) is 5. The number of aliphatic hydroxyl groups excluding tert-OH is 1. The Morgan fingerprint density at radius 1 is 1.06 bits per heavy atom. The Hall–Kier alpha value is -3.12. The van der Waals surface area contributed by atoms with E-state index in [4.69, 9.17) is 9.47 Å². The number of nitrogens with zero attached hydrogens (tertiary/aromatic N) is 1. The van der Waals surface area contributed by atoms with Crippen LogP contribution in [0.15, 0.2) is 54.1 Å². The molecule has 1 unspecified atom stereocenters. The van der Waals surface area contributed by atoms with Crippen LogP contribution >= 0.6 is 0 Å². The van der Waals surface area contributed by atoms with E-state index < -0.39 is 17.7 Å². The largest absolute Gasteiger partial charge is 0.507 e. The summed E-state index contributed by atoms with van der Waals surface area (Å²) in [6, 6.07) is 13.9. The van der Waals surface area contributed by atoms with Gasteiger partial charge in [-0.25, -0.2) is 0 Å². The summed E-state index contributed by atoms with van der Waals surface area (Å²) in [6.45, 7) is 11.0. The SMILES string of the molecule is Cc1cc(/C(O)=C2/C(=O)C(=O)N(CCOC(C)C)C2c2ccccc2)ccc1OCC(C)C. The van der Waals surface area contributed by atoms with E-state index in [2.05, 4.69) is 13.8 Å². The molecule has 0 radical (unpaired) electrons. The van der Waals surface area contributed by atoms with Gasteiger partial charge in [-0.1, -0.05) is 44.2 Å². The van der Waals surface area contributed by atoms with Crippen molar-refractivity contribution in [2.75, 3.05) is 19.8 Å². The predicted octanol–water partition coefficient (Wildman–Crippen LogP) is 4.88. The number of carbonyl (C=O) groups is 2. The number of Topliss-reactive ketones (excluding diaryl/α,β-unsaturated/α-hetero) is 1. The number of rotatable bonds is 9. The summed E-state index contributed by atoms with van der Waals surface area (Å²) in [7, 11) is 0. The topological polar surface area (TPSA) is 76.1 Å². The molecule has 1 N–H and O–H groups in total. The fraction of sp³-hybridized carbons (Fsp3) is 0.407. The van der Waals surface area contributed by atoms with Gasteiger partial charge in [0.1, 0.15) is 11.5 Å². The summed E-state index contributed by atoms with van der Waals surface area (Å²) in [5.41, 5.74) is 2.17. The standard InChI is InChI=1S/C27H33NO5/c1-17(2)16-33-22-12-11-21(15-19(22)5)25(29)23-24(20-9-7-6-8-10-20)28(27(31)26(23)30)13-14-32-18(3)4/h6-12,15,17-18,24,29H,13-14,16H2,1-5H3/b25-23-. The molecule has 0 bridgehead atoms. The molecular weight excluding hydrogens is 418 g/mol. The van der Waals surface area contributed by atoms with Crippen LogP contribution in [0.5, 0.6) is 5.75 Å². The maximum absolute atomic E-state index is 13.1. The number of benzene rings is 2. The summed E-state index contributed by atoms with van der Waals surface area (Å²) in [5.74, 6) is -0.395. The predicted molar refractivity (Wildman–Crippen MR) is 128 cm³/mol. The van der Waals surface area contributed by atoms with E-state index in [0.717, 1.165) is 16.9 Å². The summed E-state index contributed by atoms with van der Waals surface area (Å²) >= 11 is 0. The van der Waals surface area contributed by atoms with Gasteiger partial charge in [-0.15, -0.1) is 0 Å². The highest BCUT2D eigenvalue weighted by Crippen LogP contribution is 2.39. The Bertz CT molecular complexity index is 1030. The molecule has 2 aromatic rings. The highest BCUT2D eigenvalue weighted by Gasteiger charge is 2.45. The van der Waals surface area contributed by atoms with Crippen molar-refractivity contribution in [1.29, 1.82) is 0 Å². The normalized spacial score (nSPS) is 17.9. The van der Waals surface area contributed by atoms with Gasteiger partial charge in [0.25, 0.3) is 11.7 Å². The molecule has 1 aliphatic rings. The van der Waals surface area contributed by atoms with Crippen LogP contribution in [0.2, 0.25) is 0 Å². The number of carbonyl (C=O) groups excluding carboxylic acids is 2. The number of aryl methyl sites for hydroxylation is 1. The van der Waals surface area contributed by atoms with E-state index >= 15 is 0 Å². The third-order valence-corrected chi connectivity index (χ3v) is 5.46. The summed E-state index contributed by atoms with van der Waals surface area (Å²) in [5, 5.41) is 11.2. The number of hydrogen-bond donors (Lipinski definition) is 1. The van der Waals surface area contributed by atoms with E-state index in [1.807, 2.05) is 51.1 Å². The zero-order valence-corrected chi connectivity index (χ0v) is 20.0. The smallest absolute Gasteiger partial charge is 0.295 e. The van der Waals surface area contributed by atoms with Crippen LogP contribution in [0.3, 0.4) is 0 Å². The minimum absolute atomic E-state index is 0.0106. The van der Waals surface area contributed by atoms with Crippen molar-refractivity contribution in [1.82, 2.24) is 4.90 Å². The number of ketones is 1. The molecular formula is C27H33NO5. The van der Waals surface area contributed by atoms with Gasteiger partial charge in [0.05, 0.1) is 30.9 Å². The summed E-state index contributed by atoms with van der Waals surface area (Å²) < 4.78 is 11.4. The molecule has 6 heteroatoms. The lowest BCUT2D eigenvalue weighted by Crippen LogP contribution is -2.33. The van der Waals surface area contributed by atoms with Crippen LogP contribution < -0.4 is 4.74 Å². The van der Waals surface area contributed by atoms with E-state index in [0.29, 0.717) is 24.7 Å². The average molecular weight is 452 g/mol. The van der Waals surface area contributed by atoms with Crippen molar-refractivity contribution in [2.24, 2.45) is 5.92 Å². The average Bonchev–Trinajstić information content (AvgIpc) is 3.03. The maximum Gasteiger partial charge on any atom is 0.295 e.